The maximum Gasteiger partial charge on any atom is 0.267 e. The van der Waals surface area contributed by atoms with E-state index < -0.39 is 16.1 Å². The van der Waals surface area contributed by atoms with Crippen LogP contribution < -0.4 is 23.8 Å². The molecular formula is C21H21N3O6S2. The van der Waals surface area contributed by atoms with Crippen molar-refractivity contribution in [2.45, 2.75) is 17.9 Å². The van der Waals surface area contributed by atoms with Crippen LogP contribution in [-0.4, -0.2) is 46.7 Å². The third-order valence-electron chi connectivity index (χ3n) is 4.98. The van der Waals surface area contributed by atoms with E-state index in [0.717, 1.165) is 16.9 Å². The van der Waals surface area contributed by atoms with Gasteiger partial charge in [0.2, 0.25) is 0 Å². The molecule has 0 aliphatic carbocycles. The summed E-state index contributed by atoms with van der Waals surface area (Å²) in [6.45, 7) is 1.70. The lowest BCUT2D eigenvalue weighted by Gasteiger charge is -2.30. The van der Waals surface area contributed by atoms with Gasteiger partial charge < -0.3 is 19.1 Å². The Morgan fingerprint density at radius 3 is 2.66 bits per heavy atom. The summed E-state index contributed by atoms with van der Waals surface area (Å²) in [7, 11) is 0.558. The van der Waals surface area contributed by atoms with Gasteiger partial charge in [-0.3, -0.25) is 9.52 Å². The second kappa shape index (κ2) is 8.32. The van der Waals surface area contributed by atoms with E-state index in [1.54, 1.807) is 37.6 Å². The molecule has 0 bridgehead atoms. The van der Waals surface area contributed by atoms with Crippen LogP contribution in [0.2, 0.25) is 0 Å². The number of ether oxygens (including phenoxy) is 3. The topological polar surface area (TPSA) is 107 Å². The molecule has 32 heavy (non-hydrogen) atoms. The van der Waals surface area contributed by atoms with E-state index in [4.69, 9.17) is 14.2 Å². The summed E-state index contributed by atoms with van der Waals surface area (Å²) in [4.78, 5) is 18.1. The number of amides is 1. The number of nitrogens with zero attached hydrogens (tertiary/aromatic N) is 2. The highest BCUT2D eigenvalue weighted by atomic mass is 32.2. The van der Waals surface area contributed by atoms with Crippen LogP contribution in [0.5, 0.6) is 17.2 Å². The summed E-state index contributed by atoms with van der Waals surface area (Å²) in [6, 6.07) is 9.89. The number of nitrogens with one attached hydrogen (secondary N) is 1. The number of hydrogen-bond acceptors (Lipinski definition) is 8. The highest BCUT2D eigenvalue weighted by Gasteiger charge is 2.29. The van der Waals surface area contributed by atoms with E-state index in [1.165, 1.54) is 31.3 Å². The normalized spacial score (nSPS) is 15.7. The third kappa shape index (κ3) is 3.96. The average molecular weight is 476 g/mol. The number of rotatable bonds is 6. The van der Waals surface area contributed by atoms with Crippen molar-refractivity contribution < 1.29 is 27.4 Å². The summed E-state index contributed by atoms with van der Waals surface area (Å²) >= 11 is 1.14. The van der Waals surface area contributed by atoms with Crippen molar-refractivity contribution in [3.05, 3.63) is 41.8 Å². The number of carbonyl (C=O) groups is 1. The van der Waals surface area contributed by atoms with Crippen molar-refractivity contribution in [1.29, 1.82) is 0 Å². The number of anilines is 2. The van der Waals surface area contributed by atoms with Crippen molar-refractivity contribution in [2.24, 2.45) is 0 Å². The monoisotopic (exact) mass is 475 g/mol. The molecule has 1 amide bonds. The molecule has 2 heterocycles. The van der Waals surface area contributed by atoms with Crippen molar-refractivity contribution in [3.63, 3.8) is 0 Å². The number of benzene rings is 2. The van der Waals surface area contributed by atoms with Gasteiger partial charge in [0.1, 0.15) is 22.1 Å². The van der Waals surface area contributed by atoms with Crippen molar-refractivity contribution in [2.75, 3.05) is 30.9 Å². The summed E-state index contributed by atoms with van der Waals surface area (Å²) in [5.41, 5.74) is 1.91. The molecule has 0 saturated carbocycles. The Balaban J connectivity index is 1.62. The Morgan fingerprint density at radius 1 is 1.16 bits per heavy atom. The van der Waals surface area contributed by atoms with Gasteiger partial charge in [0.25, 0.3) is 15.9 Å². The van der Waals surface area contributed by atoms with Gasteiger partial charge in [0.15, 0.2) is 11.2 Å². The van der Waals surface area contributed by atoms with Gasteiger partial charge >= 0.3 is 0 Å². The quantitative estimate of drug-likeness (QED) is 0.582. The standard InChI is InChI=1S/C21H21N3O6S2/c1-12-20(25)24(2)16-9-13(5-7-17(16)30-12)15-11-31-21(22-15)23-32(26,27)19-10-14(28-3)6-8-18(19)29-4/h5-12H,1-4H3,(H,22,23). The van der Waals surface area contributed by atoms with Crippen LogP contribution >= 0.6 is 11.3 Å². The molecule has 2 aromatic carbocycles. The summed E-state index contributed by atoms with van der Waals surface area (Å²) in [5, 5.41) is 1.92. The van der Waals surface area contributed by atoms with Crippen LogP contribution in [0, 0.1) is 0 Å². The van der Waals surface area contributed by atoms with Crippen molar-refractivity contribution >= 4 is 38.1 Å². The molecule has 1 aliphatic heterocycles. The number of hydrogen-bond donors (Lipinski definition) is 1. The van der Waals surface area contributed by atoms with E-state index in [1.807, 2.05) is 6.07 Å². The first kappa shape index (κ1) is 21.9. The lowest BCUT2D eigenvalue weighted by atomic mass is 10.1. The maximum atomic E-state index is 13.0. The van der Waals surface area contributed by atoms with Crippen molar-refractivity contribution in [1.82, 2.24) is 4.98 Å². The minimum absolute atomic E-state index is 0.0590. The highest BCUT2D eigenvalue weighted by Crippen LogP contribution is 2.38. The molecule has 1 aliphatic rings. The molecule has 9 nitrogen and oxygen atoms in total. The second-order valence-electron chi connectivity index (χ2n) is 7.00. The fourth-order valence-corrected chi connectivity index (χ4v) is 5.45. The van der Waals surface area contributed by atoms with Gasteiger partial charge in [0.05, 0.1) is 25.6 Å². The molecular weight excluding hydrogens is 454 g/mol. The van der Waals surface area contributed by atoms with Gasteiger partial charge in [-0.2, -0.15) is 0 Å². The number of likely N-dealkylation sites (N-methyl/N-ethyl adjacent to an activating group) is 1. The SMILES string of the molecule is COc1ccc(OC)c(S(=O)(=O)Nc2nc(-c3ccc4c(c3)N(C)C(=O)C(C)O4)cs2)c1. The Bertz CT molecular complexity index is 1290. The zero-order chi connectivity index (χ0) is 23.0. The number of methoxy groups -OCH3 is 2. The summed E-state index contributed by atoms with van der Waals surface area (Å²) in [5.74, 6) is 1.03. The number of carbonyl (C=O) groups excluding carboxylic acids is 1. The molecule has 4 rings (SSSR count). The lowest BCUT2D eigenvalue weighted by molar-refractivity contribution is -0.125. The minimum atomic E-state index is -3.97. The fraction of sp³-hybridized carbons (Fsp3) is 0.238. The predicted molar refractivity (Wildman–Crippen MR) is 121 cm³/mol. The van der Waals surface area contributed by atoms with Crippen molar-refractivity contribution in [3.8, 4) is 28.5 Å². The Morgan fingerprint density at radius 2 is 1.94 bits per heavy atom. The van der Waals surface area contributed by atoms with Crippen LogP contribution in [0.25, 0.3) is 11.3 Å². The largest absolute Gasteiger partial charge is 0.497 e. The molecule has 0 fully saturated rings. The molecule has 1 aromatic heterocycles. The Hall–Kier alpha value is -3.31. The zero-order valence-corrected chi connectivity index (χ0v) is 19.4. The molecule has 0 spiro atoms. The number of fused-ring (bicyclic) bond motifs is 1. The average Bonchev–Trinajstić information content (AvgIpc) is 3.24. The van der Waals surface area contributed by atoms with Crippen LogP contribution in [0.1, 0.15) is 6.92 Å². The van der Waals surface area contributed by atoms with E-state index in [2.05, 4.69) is 9.71 Å². The fourth-order valence-electron chi connectivity index (χ4n) is 3.29. The number of sulfonamides is 1. The Labute approximate surface area is 189 Å². The highest BCUT2D eigenvalue weighted by molar-refractivity contribution is 7.93. The molecule has 1 atom stereocenters. The zero-order valence-electron chi connectivity index (χ0n) is 17.8. The van der Waals surface area contributed by atoms with Crippen LogP contribution in [0.4, 0.5) is 10.8 Å². The van der Waals surface area contributed by atoms with Gasteiger partial charge in [-0.15, -0.1) is 11.3 Å². The van der Waals surface area contributed by atoms with E-state index in [0.29, 0.717) is 22.9 Å². The second-order valence-corrected chi connectivity index (χ2v) is 9.51. The molecule has 1 unspecified atom stereocenters. The molecule has 168 valence electrons. The van der Waals surface area contributed by atoms with E-state index in [-0.39, 0.29) is 21.7 Å². The molecule has 0 radical (unpaired) electrons. The van der Waals surface area contributed by atoms with E-state index >= 15 is 0 Å². The van der Waals surface area contributed by atoms with Gasteiger partial charge in [0, 0.05) is 24.1 Å². The molecule has 3 aromatic rings. The third-order valence-corrected chi connectivity index (χ3v) is 7.23. The maximum absolute atomic E-state index is 13.0. The van der Waals surface area contributed by atoms with Gasteiger partial charge in [-0.25, -0.2) is 13.4 Å². The number of thiazole rings is 1. The first-order valence-electron chi connectivity index (χ1n) is 9.52. The lowest BCUT2D eigenvalue weighted by Crippen LogP contribution is -2.41. The van der Waals surface area contributed by atoms with Crippen LogP contribution in [-0.2, 0) is 14.8 Å². The number of aromatic nitrogens is 1. The molecule has 1 N–H and O–H groups in total. The Kier molecular flexibility index (Phi) is 5.70. The predicted octanol–water partition coefficient (Wildman–Crippen LogP) is 3.37. The van der Waals surface area contributed by atoms with Gasteiger partial charge in [-0.1, -0.05) is 0 Å². The first-order chi connectivity index (χ1) is 15.2. The van der Waals surface area contributed by atoms with Crippen LogP contribution in [0.15, 0.2) is 46.7 Å². The molecule has 0 saturated heterocycles. The molecule has 11 heteroatoms. The minimum Gasteiger partial charge on any atom is -0.497 e. The first-order valence-corrected chi connectivity index (χ1v) is 11.9. The van der Waals surface area contributed by atoms with Gasteiger partial charge in [-0.05, 0) is 37.3 Å². The summed E-state index contributed by atoms with van der Waals surface area (Å²) < 4.78 is 44.4. The van der Waals surface area contributed by atoms with E-state index in [9.17, 15) is 13.2 Å². The summed E-state index contributed by atoms with van der Waals surface area (Å²) in [6.07, 6.45) is -0.549. The smallest absolute Gasteiger partial charge is 0.267 e. The van der Waals surface area contributed by atoms with Crippen LogP contribution in [0.3, 0.4) is 0 Å².